The van der Waals surface area contributed by atoms with Gasteiger partial charge in [0.1, 0.15) is 17.6 Å². The Bertz CT molecular complexity index is 1330. The molecule has 0 heterocycles. The Morgan fingerprint density at radius 3 is 2.18 bits per heavy atom. The van der Waals surface area contributed by atoms with Crippen LogP contribution in [0.4, 0.5) is 0 Å². The lowest BCUT2D eigenvalue weighted by molar-refractivity contribution is 0.284. The Morgan fingerprint density at radius 2 is 1.62 bits per heavy atom. The number of aryl methyl sites for hydroxylation is 1. The molecule has 176 valence electrons. The molecule has 0 amide bonds. The predicted molar refractivity (Wildman–Crippen MR) is 134 cm³/mol. The van der Waals surface area contributed by atoms with Crippen molar-refractivity contribution >= 4 is 15.9 Å². The molecule has 0 bridgehead atoms. The second-order valence-electron chi connectivity index (χ2n) is 9.08. The third kappa shape index (κ3) is 5.86. The third-order valence-corrected chi connectivity index (χ3v) is 7.11. The molecular formula is C28H29NO4S. The summed E-state index contributed by atoms with van der Waals surface area (Å²) in [4.78, 5) is -0.263. The van der Waals surface area contributed by atoms with Gasteiger partial charge in [-0.3, -0.25) is 0 Å². The van der Waals surface area contributed by atoms with Gasteiger partial charge in [-0.2, -0.15) is 5.26 Å². The van der Waals surface area contributed by atoms with Gasteiger partial charge in [0.15, 0.2) is 11.5 Å². The van der Waals surface area contributed by atoms with Gasteiger partial charge < -0.3 is 9.47 Å². The normalized spacial score (nSPS) is 12.2. The van der Waals surface area contributed by atoms with E-state index in [9.17, 15) is 13.7 Å². The van der Waals surface area contributed by atoms with Crippen LogP contribution < -0.4 is 9.47 Å². The molecule has 0 aliphatic rings. The van der Waals surface area contributed by atoms with Gasteiger partial charge in [-0.1, -0.05) is 68.8 Å². The summed E-state index contributed by atoms with van der Waals surface area (Å²) in [5.74, 6) is 0.976. The highest BCUT2D eigenvalue weighted by Crippen LogP contribution is 2.31. The molecule has 5 nitrogen and oxygen atoms in total. The first-order valence-electron chi connectivity index (χ1n) is 10.9. The molecule has 0 aliphatic heterocycles. The van der Waals surface area contributed by atoms with E-state index in [1.165, 1.54) is 30.9 Å². The van der Waals surface area contributed by atoms with Crippen molar-refractivity contribution in [2.45, 2.75) is 44.6 Å². The molecular weight excluding hydrogens is 446 g/mol. The first-order valence-corrected chi connectivity index (χ1v) is 12.4. The van der Waals surface area contributed by atoms with Crippen molar-refractivity contribution < 1.29 is 17.9 Å². The number of methoxy groups -OCH3 is 1. The van der Waals surface area contributed by atoms with Crippen molar-refractivity contribution in [3.05, 3.63) is 93.9 Å². The van der Waals surface area contributed by atoms with Gasteiger partial charge in [0.05, 0.1) is 12.0 Å². The van der Waals surface area contributed by atoms with E-state index in [0.717, 1.165) is 11.1 Å². The van der Waals surface area contributed by atoms with E-state index in [0.29, 0.717) is 23.7 Å². The lowest BCUT2D eigenvalue weighted by Crippen LogP contribution is -2.10. The first-order chi connectivity index (χ1) is 16.0. The quantitative estimate of drug-likeness (QED) is 0.379. The van der Waals surface area contributed by atoms with Gasteiger partial charge in [0, 0.05) is 0 Å². The fraction of sp³-hybridized carbons (Fsp3) is 0.250. The van der Waals surface area contributed by atoms with Gasteiger partial charge in [0.25, 0.3) is 0 Å². The summed E-state index contributed by atoms with van der Waals surface area (Å²) in [5.41, 5.74) is 3.81. The summed E-state index contributed by atoms with van der Waals surface area (Å²) < 4.78 is 37.2. The molecule has 0 aliphatic carbocycles. The molecule has 0 unspecified atom stereocenters. The zero-order valence-electron chi connectivity index (χ0n) is 20.1. The third-order valence-electron chi connectivity index (χ3n) is 5.43. The van der Waals surface area contributed by atoms with Crippen LogP contribution in [-0.2, 0) is 21.9 Å². The van der Waals surface area contributed by atoms with E-state index in [-0.39, 0.29) is 15.2 Å². The van der Waals surface area contributed by atoms with Crippen molar-refractivity contribution in [2.75, 3.05) is 7.11 Å². The summed E-state index contributed by atoms with van der Waals surface area (Å²) >= 11 is 0. The molecule has 3 aromatic rings. The standard InChI is InChI=1S/C28H29NO4S/c1-20-6-13-24(14-7-20)34(30,31)25(18-29)16-22-10-15-26(27(17-22)32-5)33-19-21-8-11-23(12-9-21)28(2,3)4/h6-17H,19H2,1-5H3/b25-16-. The average Bonchev–Trinajstić information content (AvgIpc) is 2.81. The van der Waals surface area contributed by atoms with E-state index >= 15 is 0 Å². The van der Waals surface area contributed by atoms with E-state index in [2.05, 4.69) is 32.9 Å². The number of nitriles is 1. The molecule has 0 N–H and O–H groups in total. The molecule has 0 saturated carbocycles. The SMILES string of the molecule is COc1cc(/C=C(/C#N)S(=O)(=O)c2ccc(C)cc2)ccc1OCc1ccc(C(C)(C)C)cc1. The first kappa shape index (κ1) is 25.1. The number of benzene rings is 3. The van der Waals surface area contributed by atoms with E-state index < -0.39 is 9.84 Å². The van der Waals surface area contributed by atoms with Crippen LogP contribution in [0, 0.1) is 18.3 Å². The van der Waals surface area contributed by atoms with Crippen LogP contribution in [0.15, 0.2) is 76.5 Å². The van der Waals surface area contributed by atoms with Gasteiger partial charge in [0.2, 0.25) is 9.84 Å². The minimum Gasteiger partial charge on any atom is -0.493 e. The molecule has 0 saturated heterocycles. The number of sulfone groups is 1. The maximum absolute atomic E-state index is 12.9. The Hall–Kier alpha value is -3.56. The Kier molecular flexibility index (Phi) is 7.48. The van der Waals surface area contributed by atoms with Crippen LogP contribution in [0.5, 0.6) is 11.5 Å². The summed E-state index contributed by atoms with van der Waals surface area (Å²) in [6.45, 7) is 8.74. The zero-order chi connectivity index (χ0) is 24.9. The van der Waals surface area contributed by atoms with E-state index in [1.54, 1.807) is 30.3 Å². The van der Waals surface area contributed by atoms with Gasteiger partial charge in [-0.05, 0) is 59.4 Å². The lowest BCUT2D eigenvalue weighted by atomic mass is 9.87. The minimum atomic E-state index is -3.93. The molecule has 0 fully saturated rings. The number of hydrogen-bond acceptors (Lipinski definition) is 5. The number of nitrogens with zero attached hydrogens (tertiary/aromatic N) is 1. The molecule has 6 heteroatoms. The lowest BCUT2D eigenvalue weighted by Gasteiger charge is -2.19. The number of rotatable bonds is 7. The summed E-state index contributed by atoms with van der Waals surface area (Å²) in [6, 6.07) is 21.6. The number of allylic oxidation sites excluding steroid dienone is 1. The molecule has 0 atom stereocenters. The maximum atomic E-state index is 12.9. The molecule has 0 spiro atoms. The Morgan fingerprint density at radius 1 is 0.971 bits per heavy atom. The van der Waals surface area contributed by atoms with Gasteiger partial charge in [-0.15, -0.1) is 0 Å². The van der Waals surface area contributed by atoms with Gasteiger partial charge in [-0.25, -0.2) is 8.42 Å². The fourth-order valence-corrected chi connectivity index (χ4v) is 4.48. The van der Waals surface area contributed by atoms with Crippen LogP contribution in [0.1, 0.15) is 43.0 Å². The fourth-order valence-electron chi connectivity index (χ4n) is 3.32. The Labute approximate surface area is 202 Å². The summed E-state index contributed by atoms with van der Waals surface area (Å²) in [7, 11) is -2.41. The monoisotopic (exact) mass is 475 g/mol. The predicted octanol–water partition coefficient (Wildman–Crippen LogP) is 6.22. The van der Waals surface area contributed by atoms with Crippen molar-refractivity contribution in [2.24, 2.45) is 0 Å². The van der Waals surface area contributed by atoms with Crippen LogP contribution in [0.3, 0.4) is 0 Å². The zero-order valence-corrected chi connectivity index (χ0v) is 20.9. The van der Waals surface area contributed by atoms with Crippen LogP contribution in [0.2, 0.25) is 0 Å². The van der Waals surface area contributed by atoms with Crippen molar-refractivity contribution in [1.82, 2.24) is 0 Å². The van der Waals surface area contributed by atoms with Crippen molar-refractivity contribution in [3.8, 4) is 17.6 Å². The second-order valence-corrected chi connectivity index (χ2v) is 11.0. The summed E-state index contributed by atoms with van der Waals surface area (Å²) in [6.07, 6.45) is 1.34. The smallest absolute Gasteiger partial charge is 0.216 e. The van der Waals surface area contributed by atoms with Crippen LogP contribution in [0.25, 0.3) is 6.08 Å². The average molecular weight is 476 g/mol. The van der Waals surface area contributed by atoms with Crippen molar-refractivity contribution in [3.63, 3.8) is 0 Å². The highest BCUT2D eigenvalue weighted by atomic mass is 32.2. The second kappa shape index (κ2) is 10.1. The number of ether oxygens (including phenoxy) is 2. The highest BCUT2D eigenvalue weighted by Gasteiger charge is 2.21. The number of hydrogen-bond donors (Lipinski definition) is 0. The molecule has 0 radical (unpaired) electrons. The topological polar surface area (TPSA) is 76.4 Å². The molecule has 3 aromatic carbocycles. The van der Waals surface area contributed by atoms with E-state index in [4.69, 9.17) is 9.47 Å². The Balaban J connectivity index is 1.82. The highest BCUT2D eigenvalue weighted by molar-refractivity contribution is 7.95. The molecule has 34 heavy (non-hydrogen) atoms. The van der Waals surface area contributed by atoms with E-state index in [1.807, 2.05) is 25.1 Å². The van der Waals surface area contributed by atoms with Crippen molar-refractivity contribution in [1.29, 1.82) is 5.26 Å². The van der Waals surface area contributed by atoms with Crippen LogP contribution in [-0.4, -0.2) is 15.5 Å². The largest absolute Gasteiger partial charge is 0.493 e. The van der Waals surface area contributed by atoms with Crippen LogP contribution >= 0.6 is 0 Å². The van der Waals surface area contributed by atoms with Gasteiger partial charge >= 0.3 is 0 Å². The minimum absolute atomic E-state index is 0.0790. The summed E-state index contributed by atoms with van der Waals surface area (Å²) in [5, 5.41) is 9.55. The molecule has 0 aromatic heterocycles. The molecule has 3 rings (SSSR count). The maximum Gasteiger partial charge on any atom is 0.216 e.